The number of aliphatic imine (C=N–C) groups is 1. The van der Waals surface area contributed by atoms with Gasteiger partial charge in [-0.3, -0.25) is 4.79 Å². The normalized spacial score (nSPS) is 16.1. The third-order valence-corrected chi connectivity index (χ3v) is 4.58. The Bertz CT molecular complexity index is 583. The maximum Gasteiger partial charge on any atom is 0.243 e. The average Bonchev–Trinajstić information content (AvgIpc) is 3.05. The van der Waals surface area contributed by atoms with Gasteiger partial charge in [0.15, 0.2) is 5.96 Å². The van der Waals surface area contributed by atoms with Crippen LogP contribution in [0.4, 0.5) is 0 Å². The second-order valence-corrected chi connectivity index (χ2v) is 6.80. The number of rotatable bonds is 5. The molecule has 0 heterocycles. The number of nitrogens with one attached hydrogen (secondary N) is 2. The van der Waals surface area contributed by atoms with Crippen molar-refractivity contribution in [1.29, 1.82) is 0 Å². The molecule has 0 spiro atoms. The van der Waals surface area contributed by atoms with E-state index >= 15 is 0 Å². The van der Waals surface area contributed by atoms with Gasteiger partial charge in [0.25, 0.3) is 0 Å². The van der Waals surface area contributed by atoms with Crippen molar-refractivity contribution in [1.82, 2.24) is 15.5 Å². The van der Waals surface area contributed by atoms with E-state index in [0.29, 0.717) is 6.04 Å². The fourth-order valence-corrected chi connectivity index (χ4v) is 3.04. The largest absolute Gasteiger partial charge is 0.354 e. The van der Waals surface area contributed by atoms with Crippen molar-refractivity contribution in [2.45, 2.75) is 51.6 Å². The maximum atomic E-state index is 11.9. The summed E-state index contributed by atoms with van der Waals surface area (Å²) in [4.78, 5) is 17.9. The molecule has 0 bridgehead atoms. The predicted octanol–water partition coefficient (Wildman–Crippen LogP) is 3.24. The van der Waals surface area contributed by atoms with Crippen molar-refractivity contribution in [3.8, 4) is 0 Å². The van der Waals surface area contributed by atoms with E-state index in [0.717, 1.165) is 5.96 Å². The lowest BCUT2D eigenvalue weighted by atomic mass is 10.0. The van der Waals surface area contributed by atoms with Gasteiger partial charge in [-0.15, -0.1) is 24.0 Å². The number of guanidine groups is 1. The second kappa shape index (κ2) is 10.6. The van der Waals surface area contributed by atoms with E-state index in [1.54, 1.807) is 19.0 Å². The van der Waals surface area contributed by atoms with Crippen LogP contribution < -0.4 is 10.6 Å². The van der Waals surface area contributed by atoms with Crippen LogP contribution in [0.2, 0.25) is 0 Å². The maximum absolute atomic E-state index is 11.9. The number of carbonyl (C=O) groups excluding carboxylic acids is 1. The highest BCUT2D eigenvalue weighted by molar-refractivity contribution is 14.0. The monoisotopic (exact) mass is 458 g/mol. The first-order valence-corrected chi connectivity index (χ1v) is 8.80. The SMILES string of the molecule is Cc1ccccc1C(C)NC(=NCC(=O)N(C)C)NC1CCCC1.I. The molecular weight excluding hydrogens is 427 g/mol. The summed E-state index contributed by atoms with van der Waals surface area (Å²) in [6.45, 7) is 4.40. The standard InChI is InChI=1S/C19H30N4O.HI/c1-14-9-5-8-12-17(14)15(2)21-19(20-13-18(24)23(3)4)22-16-10-6-7-11-16;/h5,8-9,12,15-16H,6-7,10-11,13H2,1-4H3,(H2,20,21,22);1H. The van der Waals surface area contributed by atoms with Gasteiger partial charge in [-0.1, -0.05) is 37.1 Å². The van der Waals surface area contributed by atoms with Crippen molar-refractivity contribution in [3.63, 3.8) is 0 Å². The molecule has 1 atom stereocenters. The molecule has 1 amide bonds. The molecule has 0 aliphatic heterocycles. The van der Waals surface area contributed by atoms with Crippen LogP contribution in [0.3, 0.4) is 0 Å². The van der Waals surface area contributed by atoms with E-state index < -0.39 is 0 Å². The zero-order valence-electron chi connectivity index (χ0n) is 15.7. The highest BCUT2D eigenvalue weighted by Gasteiger charge is 2.18. The number of hydrogen-bond acceptors (Lipinski definition) is 2. The van der Waals surface area contributed by atoms with E-state index in [1.165, 1.54) is 36.8 Å². The molecule has 1 fully saturated rings. The first-order chi connectivity index (χ1) is 11.5. The molecule has 0 aromatic heterocycles. The summed E-state index contributed by atoms with van der Waals surface area (Å²) in [6.07, 6.45) is 4.85. The fraction of sp³-hybridized carbons (Fsp3) is 0.579. The molecule has 6 heteroatoms. The van der Waals surface area contributed by atoms with Crippen LogP contribution in [0, 0.1) is 6.92 Å². The highest BCUT2D eigenvalue weighted by atomic mass is 127. The fourth-order valence-electron chi connectivity index (χ4n) is 3.04. The molecule has 1 aromatic rings. The first kappa shape index (κ1) is 21.7. The third kappa shape index (κ3) is 6.84. The summed E-state index contributed by atoms with van der Waals surface area (Å²) in [7, 11) is 3.51. The quantitative estimate of drug-likeness (QED) is 0.405. The molecule has 1 saturated carbocycles. The molecule has 1 aliphatic carbocycles. The van der Waals surface area contributed by atoms with E-state index in [9.17, 15) is 4.79 Å². The summed E-state index contributed by atoms with van der Waals surface area (Å²) in [5.41, 5.74) is 2.50. The smallest absolute Gasteiger partial charge is 0.243 e. The molecule has 2 rings (SSSR count). The molecule has 25 heavy (non-hydrogen) atoms. The van der Waals surface area contributed by atoms with E-state index in [4.69, 9.17) is 0 Å². The number of halogens is 1. The lowest BCUT2D eigenvalue weighted by Crippen LogP contribution is -2.44. The Morgan fingerprint density at radius 2 is 1.92 bits per heavy atom. The van der Waals surface area contributed by atoms with Crippen LogP contribution in [-0.2, 0) is 4.79 Å². The number of hydrogen-bond donors (Lipinski definition) is 2. The van der Waals surface area contributed by atoms with Crippen LogP contribution in [0.15, 0.2) is 29.3 Å². The van der Waals surface area contributed by atoms with Gasteiger partial charge in [0.05, 0.1) is 6.04 Å². The van der Waals surface area contributed by atoms with Crippen LogP contribution >= 0.6 is 24.0 Å². The van der Waals surface area contributed by atoms with E-state index in [-0.39, 0.29) is 42.5 Å². The lowest BCUT2D eigenvalue weighted by Gasteiger charge is -2.23. The Hall–Kier alpha value is -1.31. The van der Waals surface area contributed by atoms with E-state index in [1.807, 2.05) is 6.07 Å². The Morgan fingerprint density at radius 3 is 2.52 bits per heavy atom. The molecule has 1 aliphatic rings. The van der Waals surface area contributed by atoms with Gasteiger partial charge in [-0.2, -0.15) is 0 Å². The predicted molar refractivity (Wildman–Crippen MR) is 115 cm³/mol. The number of amides is 1. The van der Waals surface area contributed by atoms with Crippen LogP contribution in [0.1, 0.15) is 49.8 Å². The Labute approximate surface area is 168 Å². The van der Waals surface area contributed by atoms with Crippen molar-refractivity contribution < 1.29 is 4.79 Å². The zero-order chi connectivity index (χ0) is 17.5. The summed E-state index contributed by atoms with van der Waals surface area (Å²) >= 11 is 0. The molecule has 1 unspecified atom stereocenters. The summed E-state index contributed by atoms with van der Waals surface area (Å²) < 4.78 is 0. The molecule has 5 nitrogen and oxygen atoms in total. The van der Waals surface area contributed by atoms with Crippen molar-refractivity contribution in [2.75, 3.05) is 20.6 Å². The highest BCUT2D eigenvalue weighted by Crippen LogP contribution is 2.19. The second-order valence-electron chi connectivity index (χ2n) is 6.80. The first-order valence-electron chi connectivity index (χ1n) is 8.80. The van der Waals surface area contributed by atoms with Crippen LogP contribution in [-0.4, -0.2) is 43.4 Å². The molecule has 0 radical (unpaired) electrons. The van der Waals surface area contributed by atoms with Gasteiger partial charge >= 0.3 is 0 Å². The van der Waals surface area contributed by atoms with Gasteiger partial charge < -0.3 is 15.5 Å². The molecule has 1 aromatic carbocycles. The van der Waals surface area contributed by atoms with Crippen LogP contribution in [0.25, 0.3) is 0 Å². The molecule has 140 valence electrons. The Morgan fingerprint density at radius 1 is 1.28 bits per heavy atom. The minimum Gasteiger partial charge on any atom is -0.354 e. The molecular formula is C19H31IN4O. The van der Waals surface area contributed by atoms with Gasteiger partial charge in [-0.05, 0) is 37.8 Å². The minimum atomic E-state index is 0. The number of aryl methyl sites for hydroxylation is 1. The zero-order valence-corrected chi connectivity index (χ0v) is 18.0. The van der Waals surface area contributed by atoms with Crippen LogP contribution in [0.5, 0.6) is 0 Å². The van der Waals surface area contributed by atoms with Gasteiger partial charge in [0, 0.05) is 20.1 Å². The minimum absolute atomic E-state index is 0. The molecule has 2 N–H and O–H groups in total. The number of carbonyl (C=O) groups is 1. The summed E-state index contributed by atoms with van der Waals surface area (Å²) in [5.74, 6) is 0.735. The topological polar surface area (TPSA) is 56.7 Å². The lowest BCUT2D eigenvalue weighted by molar-refractivity contribution is -0.127. The summed E-state index contributed by atoms with van der Waals surface area (Å²) in [5, 5.41) is 6.96. The average molecular weight is 458 g/mol. The number of nitrogens with zero attached hydrogens (tertiary/aromatic N) is 2. The van der Waals surface area contributed by atoms with Crippen molar-refractivity contribution in [2.24, 2.45) is 4.99 Å². The number of likely N-dealkylation sites (N-methyl/N-ethyl adjacent to an activating group) is 1. The van der Waals surface area contributed by atoms with Gasteiger partial charge in [0.2, 0.25) is 5.91 Å². The Balaban J connectivity index is 0.00000312. The van der Waals surface area contributed by atoms with Gasteiger partial charge in [0.1, 0.15) is 6.54 Å². The van der Waals surface area contributed by atoms with Gasteiger partial charge in [-0.25, -0.2) is 4.99 Å². The number of benzene rings is 1. The summed E-state index contributed by atoms with van der Waals surface area (Å²) in [6, 6.07) is 8.93. The molecule has 0 saturated heterocycles. The third-order valence-electron chi connectivity index (χ3n) is 4.58. The van der Waals surface area contributed by atoms with Crippen molar-refractivity contribution in [3.05, 3.63) is 35.4 Å². The van der Waals surface area contributed by atoms with E-state index in [2.05, 4.69) is 47.7 Å². The Kier molecular flexibility index (Phi) is 9.24. The van der Waals surface area contributed by atoms with Crippen molar-refractivity contribution >= 4 is 35.8 Å².